The molecule has 2 aromatic heterocycles. The molecule has 8 heteroatoms. The average molecular weight is 460 g/mol. The van der Waals surface area contributed by atoms with Crippen LogP contribution in [0, 0.1) is 0 Å². The number of carbonyl (C=O) groups is 1. The molecule has 1 saturated heterocycles. The van der Waals surface area contributed by atoms with E-state index in [-0.39, 0.29) is 5.97 Å². The van der Waals surface area contributed by atoms with Gasteiger partial charge in [-0.2, -0.15) is 0 Å². The lowest BCUT2D eigenvalue weighted by molar-refractivity contribution is 0.0378. The summed E-state index contributed by atoms with van der Waals surface area (Å²) >= 11 is 0. The van der Waals surface area contributed by atoms with Crippen molar-refractivity contribution in [1.82, 2.24) is 19.9 Å². The average Bonchev–Trinajstić information content (AvgIpc) is 3.25. The van der Waals surface area contributed by atoms with Gasteiger partial charge in [0.15, 0.2) is 0 Å². The highest BCUT2D eigenvalue weighted by Gasteiger charge is 2.16. The van der Waals surface area contributed by atoms with Gasteiger partial charge in [-0.3, -0.25) is 4.90 Å². The lowest BCUT2D eigenvalue weighted by atomic mass is 10.1. The predicted molar refractivity (Wildman–Crippen MR) is 132 cm³/mol. The van der Waals surface area contributed by atoms with Crippen LogP contribution in [0.1, 0.15) is 28.2 Å². The lowest BCUT2D eigenvalue weighted by Crippen LogP contribution is -2.37. The summed E-state index contributed by atoms with van der Waals surface area (Å²) in [7, 11) is 1.39. The first-order valence-corrected chi connectivity index (χ1v) is 11.7. The predicted octanol–water partition coefficient (Wildman–Crippen LogP) is 3.62. The van der Waals surface area contributed by atoms with Gasteiger partial charge in [0.05, 0.1) is 31.3 Å². The Bertz CT molecular complexity index is 1280. The number of fused-ring (bicyclic) bond motifs is 3. The van der Waals surface area contributed by atoms with Crippen LogP contribution >= 0.6 is 0 Å². The van der Waals surface area contributed by atoms with E-state index in [1.165, 1.54) is 7.11 Å². The van der Waals surface area contributed by atoms with E-state index in [0.29, 0.717) is 12.0 Å². The zero-order valence-electron chi connectivity index (χ0n) is 19.3. The van der Waals surface area contributed by atoms with E-state index in [2.05, 4.69) is 27.3 Å². The number of anilines is 1. The van der Waals surface area contributed by atoms with E-state index in [0.717, 1.165) is 85.0 Å². The minimum absolute atomic E-state index is 0.363. The van der Waals surface area contributed by atoms with Gasteiger partial charge in [-0.1, -0.05) is 36.4 Å². The van der Waals surface area contributed by atoms with Gasteiger partial charge in [0.25, 0.3) is 0 Å². The van der Waals surface area contributed by atoms with Crippen molar-refractivity contribution in [2.75, 3.05) is 51.8 Å². The number of H-pyrrole nitrogens is 1. The molecule has 0 bridgehead atoms. The van der Waals surface area contributed by atoms with Gasteiger partial charge in [-0.25, -0.2) is 14.8 Å². The summed E-state index contributed by atoms with van der Waals surface area (Å²) in [6.45, 7) is 5.43. The molecule has 0 saturated carbocycles. The van der Waals surface area contributed by atoms with E-state index in [4.69, 9.17) is 19.4 Å². The van der Waals surface area contributed by atoms with Gasteiger partial charge < -0.3 is 19.8 Å². The molecule has 5 rings (SSSR count). The molecule has 1 aliphatic heterocycles. The summed E-state index contributed by atoms with van der Waals surface area (Å²) in [6.07, 6.45) is 1.65. The van der Waals surface area contributed by atoms with Crippen LogP contribution in [0.3, 0.4) is 0 Å². The first-order valence-electron chi connectivity index (χ1n) is 11.7. The third kappa shape index (κ3) is 4.88. The fourth-order valence-corrected chi connectivity index (χ4v) is 4.41. The first-order chi connectivity index (χ1) is 16.7. The first kappa shape index (κ1) is 22.3. The van der Waals surface area contributed by atoms with Crippen LogP contribution in [0.2, 0.25) is 0 Å². The van der Waals surface area contributed by atoms with Crippen molar-refractivity contribution >= 4 is 33.7 Å². The van der Waals surface area contributed by atoms with Gasteiger partial charge in [-0.15, -0.1) is 0 Å². The molecule has 0 amide bonds. The highest BCUT2D eigenvalue weighted by molar-refractivity contribution is 6.12. The molecule has 3 heterocycles. The second-order valence-corrected chi connectivity index (χ2v) is 8.49. The molecular formula is C26H29N5O3. The summed E-state index contributed by atoms with van der Waals surface area (Å²) in [6, 6.07) is 15.7. The summed E-state index contributed by atoms with van der Waals surface area (Å²) < 4.78 is 10.3. The Morgan fingerprint density at radius 3 is 2.76 bits per heavy atom. The van der Waals surface area contributed by atoms with Gasteiger partial charge in [0.1, 0.15) is 17.3 Å². The molecular weight excluding hydrogens is 430 g/mol. The Hall–Kier alpha value is -3.49. The molecule has 0 aliphatic carbocycles. The lowest BCUT2D eigenvalue weighted by Gasteiger charge is -2.26. The van der Waals surface area contributed by atoms with Crippen molar-refractivity contribution in [1.29, 1.82) is 0 Å². The number of nitrogens with one attached hydrogen (secondary N) is 2. The Kier molecular flexibility index (Phi) is 6.69. The van der Waals surface area contributed by atoms with E-state index in [1.807, 2.05) is 30.3 Å². The molecule has 4 aromatic rings. The number of methoxy groups -OCH3 is 1. The van der Waals surface area contributed by atoms with E-state index >= 15 is 0 Å². The Balaban J connectivity index is 1.45. The monoisotopic (exact) mass is 459 g/mol. The van der Waals surface area contributed by atoms with Gasteiger partial charge in [-0.05, 0) is 30.7 Å². The summed E-state index contributed by atoms with van der Waals surface area (Å²) in [5.74, 6) is 1.20. The summed E-state index contributed by atoms with van der Waals surface area (Å²) in [5, 5.41) is 5.48. The maximum Gasteiger partial charge on any atom is 0.337 e. The van der Waals surface area contributed by atoms with Gasteiger partial charge >= 0.3 is 5.97 Å². The quantitative estimate of drug-likeness (QED) is 0.307. The van der Waals surface area contributed by atoms with Gasteiger partial charge in [0.2, 0.25) is 0 Å². The van der Waals surface area contributed by atoms with Crippen molar-refractivity contribution in [3.05, 3.63) is 65.5 Å². The molecule has 176 valence electrons. The molecule has 0 atom stereocenters. The molecule has 0 radical (unpaired) electrons. The fraction of sp³-hybridized carbons (Fsp3) is 0.346. The van der Waals surface area contributed by atoms with Crippen LogP contribution in [0.25, 0.3) is 21.9 Å². The Labute approximate surface area is 198 Å². The maximum absolute atomic E-state index is 12.0. The normalized spacial score (nSPS) is 14.5. The smallest absolute Gasteiger partial charge is 0.337 e. The molecule has 2 N–H and O–H groups in total. The number of hydrogen-bond donors (Lipinski definition) is 2. The van der Waals surface area contributed by atoms with Crippen LogP contribution in [-0.2, 0) is 15.9 Å². The number of rotatable bonds is 8. The van der Waals surface area contributed by atoms with Crippen LogP contribution in [0.5, 0.6) is 0 Å². The SMILES string of the molecule is COC(=O)c1ccc2c(c1)[nH]c1nc(Cc3ccccc3)nc(NCCCN3CCOCC3)c12. The zero-order valence-corrected chi connectivity index (χ0v) is 19.3. The van der Waals surface area contributed by atoms with Gasteiger partial charge in [0, 0.05) is 37.0 Å². The molecule has 0 spiro atoms. The third-order valence-corrected chi connectivity index (χ3v) is 6.17. The number of benzene rings is 2. The number of esters is 1. The van der Waals surface area contributed by atoms with E-state index in [1.54, 1.807) is 6.07 Å². The highest BCUT2D eigenvalue weighted by atomic mass is 16.5. The zero-order chi connectivity index (χ0) is 23.3. The standard InChI is InChI=1S/C26H29N5O3/c1-33-26(32)19-8-9-20-21(17-19)28-25-23(20)24(27-10-5-11-31-12-14-34-15-13-31)29-22(30-25)16-18-6-3-2-4-7-18/h2-4,6-9,17H,5,10-16H2,1H3,(H2,27,28,29,30). The Morgan fingerprint density at radius 1 is 1.15 bits per heavy atom. The molecule has 1 fully saturated rings. The largest absolute Gasteiger partial charge is 0.465 e. The third-order valence-electron chi connectivity index (χ3n) is 6.17. The van der Waals surface area contributed by atoms with Crippen molar-refractivity contribution in [2.24, 2.45) is 0 Å². The number of nitrogens with zero attached hydrogens (tertiary/aromatic N) is 3. The molecule has 8 nitrogen and oxygen atoms in total. The van der Waals surface area contributed by atoms with Crippen molar-refractivity contribution in [2.45, 2.75) is 12.8 Å². The minimum atomic E-state index is -0.363. The number of hydrogen-bond acceptors (Lipinski definition) is 7. The van der Waals surface area contributed by atoms with Crippen molar-refractivity contribution < 1.29 is 14.3 Å². The molecule has 2 aromatic carbocycles. The highest BCUT2D eigenvalue weighted by Crippen LogP contribution is 2.31. The number of aromatic amines is 1. The molecule has 34 heavy (non-hydrogen) atoms. The van der Waals surface area contributed by atoms with Crippen LogP contribution in [0.4, 0.5) is 5.82 Å². The van der Waals surface area contributed by atoms with Crippen molar-refractivity contribution in [3.8, 4) is 0 Å². The minimum Gasteiger partial charge on any atom is -0.465 e. The number of morpholine rings is 1. The van der Waals surface area contributed by atoms with Crippen LogP contribution in [0.15, 0.2) is 48.5 Å². The van der Waals surface area contributed by atoms with E-state index < -0.39 is 0 Å². The second-order valence-electron chi connectivity index (χ2n) is 8.49. The molecule has 0 unspecified atom stereocenters. The second kappa shape index (κ2) is 10.2. The number of carbonyl (C=O) groups excluding carboxylic acids is 1. The van der Waals surface area contributed by atoms with E-state index in [9.17, 15) is 4.79 Å². The summed E-state index contributed by atoms with van der Waals surface area (Å²) in [4.78, 5) is 27.6. The van der Waals surface area contributed by atoms with Crippen molar-refractivity contribution in [3.63, 3.8) is 0 Å². The van der Waals surface area contributed by atoms with Crippen LogP contribution in [-0.4, -0.2) is 72.3 Å². The maximum atomic E-state index is 12.0. The Morgan fingerprint density at radius 2 is 1.97 bits per heavy atom. The number of aromatic nitrogens is 3. The fourth-order valence-electron chi connectivity index (χ4n) is 4.41. The van der Waals surface area contributed by atoms with Crippen LogP contribution < -0.4 is 5.32 Å². The number of ether oxygens (including phenoxy) is 2. The topological polar surface area (TPSA) is 92.4 Å². The summed E-state index contributed by atoms with van der Waals surface area (Å²) in [5.41, 5.74) is 3.25. The molecule has 1 aliphatic rings.